The average molecular weight is 765 g/mol. The highest BCUT2D eigenvalue weighted by atomic mass is 15.2. The molecule has 294 valence electrons. The van der Waals surface area contributed by atoms with E-state index < -0.39 is 0 Å². The van der Waals surface area contributed by atoms with Crippen LogP contribution in [0.25, 0.3) is 67.8 Å². The van der Waals surface area contributed by atoms with Crippen molar-refractivity contribution in [3.8, 4) is 67.8 Å². The highest BCUT2D eigenvalue weighted by Gasteiger charge is 2.22. The lowest BCUT2D eigenvalue weighted by Gasteiger charge is -2.20. The van der Waals surface area contributed by atoms with E-state index in [-0.39, 0.29) is 21.7 Å². The second-order valence-electron chi connectivity index (χ2n) is 19.6. The molecule has 7 rings (SSSR count). The lowest BCUT2D eigenvalue weighted by atomic mass is 9.86. The number of hydrogen-bond donors (Lipinski definition) is 0. The Kier molecular flexibility index (Phi) is 10.5. The monoisotopic (exact) mass is 764 g/mol. The van der Waals surface area contributed by atoms with E-state index in [0.29, 0.717) is 11.6 Å². The maximum absolute atomic E-state index is 5.18. The number of rotatable bonds is 6. The van der Waals surface area contributed by atoms with Crippen LogP contribution in [0, 0.1) is 0 Å². The van der Waals surface area contributed by atoms with Gasteiger partial charge in [0.2, 0.25) is 0 Å². The van der Waals surface area contributed by atoms with Gasteiger partial charge in [-0.3, -0.25) is 0 Å². The predicted octanol–water partition coefficient (Wildman–Crippen LogP) is 13.2. The smallest absolute Gasteiger partial charge is 0.182 e. The van der Waals surface area contributed by atoms with Crippen LogP contribution in [0.3, 0.4) is 0 Å². The van der Waals surface area contributed by atoms with Gasteiger partial charge in [-0.05, 0) is 43.9 Å². The largest absolute Gasteiger partial charge is 0.224 e. The van der Waals surface area contributed by atoms with Crippen LogP contribution >= 0.6 is 0 Å². The van der Waals surface area contributed by atoms with Crippen molar-refractivity contribution >= 4 is 0 Å². The van der Waals surface area contributed by atoms with Gasteiger partial charge in [0.25, 0.3) is 0 Å². The molecular weight excluding hydrogens is 709 g/mol. The van der Waals surface area contributed by atoms with Gasteiger partial charge in [0.05, 0.1) is 0 Å². The second kappa shape index (κ2) is 15.1. The first kappa shape index (κ1) is 40.3. The van der Waals surface area contributed by atoms with Crippen molar-refractivity contribution in [1.29, 1.82) is 0 Å². The van der Waals surface area contributed by atoms with Crippen LogP contribution in [0.15, 0.2) is 121 Å². The number of aromatic nitrogens is 6. The lowest BCUT2D eigenvalue weighted by molar-refractivity contribution is 0.590. The van der Waals surface area contributed by atoms with Crippen LogP contribution < -0.4 is 0 Å². The first-order chi connectivity index (χ1) is 27.3. The van der Waals surface area contributed by atoms with E-state index >= 15 is 0 Å². The zero-order chi connectivity index (χ0) is 41.6. The molecule has 0 N–H and O–H groups in total. The minimum atomic E-state index is 0.0376. The molecule has 6 nitrogen and oxygen atoms in total. The SMILES string of the molecule is CC(C)(C)c1ccc(-c2nnc(-c3ccc(-c4nnc(-c5ccc(C(C)(C)C)cc5)c(-c5ccc(C(C)(C)C)cc5)n4)cc3)nc2-c2ccc(C(C)(C)C)cc2)cc1. The summed E-state index contributed by atoms with van der Waals surface area (Å²) in [5.41, 5.74) is 13.9. The van der Waals surface area contributed by atoms with Crippen LogP contribution in [-0.2, 0) is 21.7 Å². The van der Waals surface area contributed by atoms with Gasteiger partial charge in [-0.2, -0.15) is 0 Å². The predicted molar refractivity (Wildman–Crippen MR) is 241 cm³/mol. The molecule has 0 aliphatic heterocycles. The van der Waals surface area contributed by atoms with Crippen molar-refractivity contribution in [2.24, 2.45) is 0 Å². The van der Waals surface area contributed by atoms with Gasteiger partial charge in [-0.25, -0.2) is 9.97 Å². The maximum Gasteiger partial charge on any atom is 0.182 e. The quantitative estimate of drug-likeness (QED) is 0.168. The van der Waals surface area contributed by atoms with E-state index in [0.717, 1.165) is 56.2 Å². The summed E-state index contributed by atoms with van der Waals surface area (Å²) in [6.07, 6.45) is 0. The third-order valence-corrected chi connectivity index (χ3v) is 10.9. The Morgan fingerprint density at radius 2 is 0.448 bits per heavy atom. The summed E-state index contributed by atoms with van der Waals surface area (Å²) in [6, 6.07) is 42.6. The Morgan fingerprint density at radius 1 is 0.241 bits per heavy atom. The number of hydrogen-bond acceptors (Lipinski definition) is 6. The van der Waals surface area contributed by atoms with E-state index in [1.807, 2.05) is 24.3 Å². The lowest BCUT2D eigenvalue weighted by Crippen LogP contribution is -2.11. The number of nitrogens with zero attached hydrogens (tertiary/aromatic N) is 6. The molecule has 7 aromatic rings. The Hall–Kier alpha value is -5.88. The van der Waals surface area contributed by atoms with Gasteiger partial charge in [0.15, 0.2) is 11.6 Å². The molecule has 0 unspecified atom stereocenters. The molecule has 0 atom stereocenters. The Bertz CT molecular complexity index is 2340. The van der Waals surface area contributed by atoms with E-state index in [2.05, 4.69) is 190 Å². The molecule has 0 aliphatic carbocycles. The summed E-state index contributed by atoms with van der Waals surface area (Å²) in [6.45, 7) is 26.7. The minimum Gasteiger partial charge on any atom is -0.224 e. The van der Waals surface area contributed by atoms with E-state index in [1.54, 1.807) is 0 Å². The molecule has 2 aromatic heterocycles. The molecule has 0 amide bonds. The van der Waals surface area contributed by atoms with Gasteiger partial charge in [0, 0.05) is 33.4 Å². The molecule has 5 aromatic carbocycles. The van der Waals surface area contributed by atoms with Crippen molar-refractivity contribution in [3.63, 3.8) is 0 Å². The van der Waals surface area contributed by atoms with Gasteiger partial charge in [-0.15, -0.1) is 20.4 Å². The third-order valence-electron chi connectivity index (χ3n) is 10.9. The van der Waals surface area contributed by atoms with Crippen LogP contribution in [0.1, 0.15) is 105 Å². The fraction of sp³-hybridized carbons (Fsp3) is 0.308. The van der Waals surface area contributed by atoms with Crippen LogP contribution in [0.2, 0.25) is 0 Å². The fourth-order valence-electron chi connectivity index (χ4n) is 6.97. The topological polar surface area (TPSA) is 77.3 Å². The molecule has 2 heterocycles. The molecule has 0 radical (unpaired) electrons. The average Bonchev–Trinajstić information content (AvgIpc) is 3.19. The van der Waals surface area contributed by atoms with Crippen molar-refractivity contribution in [1.82, 2.24) is 30.4 Å². The van der Waals surface area contributed by atoms with Gasteiger partial charge in [0.1, 0.15) is 22.8 Å². The van der Waals surface area contributed by atoms with E-state index in [9.17, 15) is 0 Å². The summed E-state index contributed by atoms with van der Waals surface area (Å²) in [7, 11) is 0. The summed E-state index contributed by atoms with van der Waals surface area (Å²) >= 11 is 0. The van der Waals surface area contributed by atoms with Gasteiger partial charge < -0.3 is 0 Å². The van der Waals surface area contributed by atoms with E-state index in [1.165, 1.54) is 22.3 Å². The maximum atomic E-state index is 5.18. The van der Waals surface area contributed by atoms with Crippen molar-refractivity contribution in [3.05, 3.63) is 144 Å². The molecule has 58 heavy (non-hydrogen) atoms. The standard InChI is InChI=1S/C52H56N6/c1-49(2,3)39-25-17-33(18-26-39)43-45(35-21-29-41(30-22-35)51(7,8)9)55-57-47(53-43)37-13-15-38(16-14-37)48-54-44(34-19-27-40(28-20-34)50(4,5)6)46(56-58-48)36-23-31-42(32-24-36)52(10,11)12/h13-32H,1-12H3. The molecule has 0 spiro atoms. The molecule has 0 aliphatic rings. The summed E-state index contributed by atoms with van der Waals surface area (Å²) in [5.74, 6) is 1.09. The molecule has 6 heteroatoms. The second-order valence-corrected chi connectivity index (χ2v) is 19.6. The molecule has 0 fully saturated rings. The molecular formula is C52H56N6. The summed E-state index contributed by atoms with van der Waals surface area (Å²) in [4.78, 5) is 10.4. The first-order valence-electron chi connectivity index (χ1n) is 20.3. The zero-order valence-electron chi connectivity index (χ0n) is 36.2. The summed E-state index contributed by atoms with van der Waals surface area (Å²) in [5, 5.41) is 19.0. The normalized spacial score (nSPS) is 12.5. The molecule has 0 bridgehead atoms. The third kappa shape index (κ3) is 8.67. The van der Waals surface area contributed by atoms with Crippen LogP contribution in [-0.4, -0.2) is 30.4 Å². The zero-order valence-corrected chi connectivity index (χ0v) is 36.2. The molecule has 0 saturated carbocycles. The van der Waals surface area contributed by atoms with Gasteiger partial charge >= 0.3 is 0 Å². The minimum absolute atomic E-state index is 0.0376. The first-order valence-corrected chi connectivity index (χ1v) is 20.3. The van der Waals surface area contributed by atoms with E-state index in [4.69, 9.17) is 20.2 Å². The Morgan fingerprint density at radius 3 is 0.672 bits per heavy atom. The van der Waals surface area contributed by atoms with Crippen molar-refractivity contribution in [2.45, 2.75) is 105 Å². The fourth-order valence-corrected chi connectivity index (χ4v) is 6.97. The highest BCUT2D eigenvalue weighted by molar-refractivity contribution is 5.81. The summed E-state index contributed by atoms with van der Waals surface area (Å²) < 4.78 is 0. The van der Waals surface area contributed by atoms with Gasteiger partial charge in [-0.1, -0.05) is 204 Å². The van der Waals surface area contributed by atoms with Crippen molar-refractivity contribution < 1.29 is 0 Å². The van der Waals surface area contributed by atoms with Crippen molar-refractivity contribution in [2.75, 3.05) is 0 Å². The Balaban J connectivity index is 1.27. The highest BCUT2D eigenvalue weighted by Crippen LogP contribution is 2.36. The van der Waals surface area contributed by atoms with Crippen LogP contribution in [0.5, 0.6) is 0 Å². The Labute approximate surface area is 345 Å². The molecule has 0 saturated heterocycles. The number of benzene rings is 5. The van der Waals surface area contributed by atoms with Crippen LogP contribution in [0.4, 0.5) is 0 Å².